The van der Waals surface area contributed by atoms with E-state index in [4.69, 9.17) is 5.11 Å². The van der Waals surface area contributed by atoms with E-state index in [-0.39, 0.29) is 0 Å². The predicted octanol–water partition coefficient (Wildman–Crippen LogP) is 2.44. The van der Waals surface area contributed by atoms with Crippen molar-refractivity contribution >= 4 is 0 Å². The van der Waals surface area contributed by atoms with E-state index >= 15 is 0 Å². The van der Waals surface area contributed by atoms with E-state index in [0.717, 1.165) is 0 Å². The van der Waals surface area contributed by atoms with Crippen molar-refractivity contribution in [2.45, 2.75) is 40.5 Å². The summed E-state index contributed by atoms with van der Waals surface area (Å²) < 4.78 is 0. The second kappa shape index (κ2) is 3.97. The van der Waals surface area contributed by atoms with Crippen LogP contribution in [-0.2, 0) is 0 Å². The van der Waals surface area contributed by atoms with Crippen LogP contribution in [0.15, 0.2) is 0 Å². The van der Waals surface area contributed by atoms with Gasteiger partial charge in [-0.15, -0.1) is 0 Å². The highest BCUT2D eigenvalue weighted by molar-refractivity contribution is 4.73. The Balaban J connectivity index is 3.82. The molecule has 0 saturated carbocycles. The van der Waals surface area contributed by atoms with E-state index in [0.29, 0.717) is 17.9 Å². The molecule has 0 bridgehead atoms. The second-order valence-electron chi connectivity index (χ2n) is 3.82. The Bertz CT molecular complexity index is 86.7. The van der Waals surface area contributed by atoms with Crippen molar-refractivity contribution in [1.29, 1.82) is 0 Å². The topological polar surface area (TPSA) is 20.2 Å². The second-order valence-corrected chi connectivity index (χ2v) is 3.82. The van der Waals surface area contributed by atoms with E-state index in [2.05, 4.69) is 27.7 Å². The van der Waals surface area contributed by atoms with Gasteiger partial charge in [0, 0.05) is 6.61 Å². The Morgan fingerprint density at radius 1 is 1.40 bits per heavy atom. The lowest BCUT2D eigenvalue weighted by molar-refractivity contribution is 0.122. The highest BCUT2D eigenvalue weighted by Gasteiger charge is 2.23. The first-order valence-corrected chi connectivity index (χ1v) is 4.15. The molecule has 62 valence electrons. The Hall–Kier alpha value is -0.0400. The summed E-state index contributed by atoms with van der Waals surface area (Å²) in [6, 6.07) is 0. The van der Waals surface area contributed by atoms with Crippen LogP contribution in [0.5, 0.6) is 0 Å². The van der Waals surface area contributed by atoms with Crippen molar-refractivity contribution in [3.63, 3.8) is 0 Å². The fourth-order valence-electron chi connectivity index (χ4n) is 1.14. The summed E-state index contributed by atoms with van der Waals surface area (Å²) in [6.07, 6.45) is 2.41. The van der Waals surface area contributed by atoms with Gasteiger partial charge in [-0.05, 0) is 17.8 Å². The zero-order valence-electron chi connectivity index (χ0n) is 7.65. The third kappa shape index (κ3) is 2.70. The number of rotatable bonds is 4. The van der Waals surface area contributed by atoms with Crippen molar-refractivity contribution in [2.75, 3.05) is 6.61 Å². The van der Waals surface area contributed by atoms with Crippen molar-refractivity contribution in [1.82, 2.24) is 0 Å². The zero-order chi connectivity index (χ0) is 8.20. The van der Waals surface area contributed by atoms with Crippen LogP contribution < -0.4 is 0 Å². The zero-order valence-corrected chi connectivity index (χ0v) is 7.65. The standard InChI is InChI=1S/C9H20O/c1-5-6-9(3,4)8(2)7-10/h8,10H,5-7H2,1-4H3. The van der Waals surface area contributed by atoms with E-state index in [1.165, 1.54) is 12.8 Å². The molecule has 0 aromatic carbocycles. The lowest BCUT2D eigenvalue weighted by atomic mass is 9.77. The molecule has 0 aromatic heterocycles. The average molecular weight is 144 g/mol. The monoisotopic (exact) mass is 144 g/mol. The molecule has 1 N–H and O–H groups in total. The largest absolute Gasteiger partial charge is 0.396 e. The summed E-state index contributed by atoms with van der Waals surface area (Å²) in [6.45, 7) is 9.04. The molecule has 0 aromatic rings. The summed E-state index contributed by atoms with van der Waals surface area (Å²) in [5.41, 5.74) is 0.309. The lowest BCUT2D eigenvalue weighted by Crippen LogP contribution is -2.24. The Morgan fingerprint density at radius 2 is 1.90 bits per heavy atom. The van der Waals surface area contributed by atoms with Gasteiger partial charge in [-0.25, -0.2) is 0 Å². The van der Waals surface area contributed by atoms with Crippen LogP contribution in [0.25, 0.3) is 0 Å². The first-order valence-electron chi connectivity index (χ1n) is 4.15. The molecule has 0 radical (unpaired) electrons. The van der Waals surface area contributed by atoms with Crippen molar-refractivity contribution < 1.29 is 5.11 Å². The van der Waals surface area contributed by atoms with Crippen molar-refractivity contribution in [3.05, 3.63) is 0 Å². The first-order chi connectivity index (χ1) is 4.54. The molecule has 1 nitrogen and oxygen atoms in total. The number of hydrogen-bond acceptors (Lipinski definition) is 1. The summed E-state index contributed by atoms with van der Waals surface area (Å²) in [5.74, 6) is 0.424. The maximum absolute atomic E-state index is 8.90. The Labute approximate surface area is 64.5 Å². The SMILES string of the molecule is CCCC(C)(C)C(C)CO. The normalized spacial score (nSPS) is 15.3. The van der Waals surface area contributed by atoms with Crippen LogP contribution in [0.3, 0.4) is 0 Å². The molecular formula is C9H20O. The fraction of sp³-hybridized carbons (Fsp3) is 1.00. The van der Waals surface area contributed by atoms with Gasteiger partial charge in [0.15, 0.2) is 0 Å². The molecule has 1 atom stereocenters. The Kier molecular flexibility index (Phi) is 3.95. The third-order valence-electron chi connectivity index (χ3n) is 2.50. The van der Waals surface area contributed by atoms with Gasteiger partial charge in [-0.1, -0.05) is 34.1 Å². The minimum atomic E-state index is 0.309. The van der Waals surface area contributed by atoms with Crippen LogP contribution in [0, 0.1) is 11.3 Å². The molecule has 0 heterocycles. The van der Waals surface area contributed by atoms with Gasteiger partial charge in [0.05, 0.1) is 0 Å². The molecule has 1 heteroatoms. The maximum atomic E-state index is 8.90. The molecule has 0 aliphatic carbocycles. The highest BCUT2D eigenvalue weighted by atomic mass is 16.3. The van der Waals surface area contributed by atoms with Crippen LogP contribution in [0.4, 0.5) is 0 Å². The summed E-state index contributed by atoms with van der Waals surface area (Å²) in [5, 5.41) is 8.90. The molecule has 1 unspecified atom stereocenters. The van der Waals surface area contributed by atoms with E-state index in [1.54, 1.807) is 0 Å². The highest BCUT2D eigenvalue weighted by Crippen LogP contribution is 2.30. The summed E-state index contributed by atoms with van der Waals surface area (Å²) >= 11 is 0. The molecule has 10 heavy (non-hydrogen) atoms. The molecular weight excluding hydrogens is 124 g/mol. The molecule has 0 saturated heterocycles. The minimum Gasteiger partial charge on any atom is -0.396 e. The van der Waals surface area contributed by atoms with Crippen molar-refractivity contribution in [3.8, 4) is 0 Å². The third-order valence-corrected chi connectivity index (χ3v) is 2.50. The first kappa shape index (κ1) is 9.96. The molecule has 0 amide bonds. The number of aliphatic hydroxyl groups is 1. The van der Waals surface area contributed by atoms with Gasteiger partial charge in [-0.3, -0.25) is 0 Å². The Morgan fingerprint density at radius 3 is 2.20 bits per heavy atom. The van der Waals surface area contributed by atoms with E-state index in [9.17, 15) is 0 Å². The average Bonchev–Trinajstić information content (AvgIpc) is 1.86. The van der Waals surface area contributed by atoms with Gasteiger partial charge >= 0.3 is 0 Å². The van der Waals surface area contributed by atoms with Gasteiger partial charge in [0.25, 0.3) is 0 Å². The molecule has 0 fully saturated rings. The van der Waals surface area contributed by atoms with Crippen LogP contribution >= 0.6 is 0 Å². The fourth-order valence-corrected chi connectivity index (χ4v) is 1.14. The number of aliphatic hydroxyl groups excluding tert-OH is 1. The molecule has 0 rings (SSSR count). The van der Waals surface area contributed by atoms with Gasteiger partial charge in [-0.2, -0.15) is 0 Å². The minimum absolute atomic E-state index is 0.309. The maximum Gasteiger partial charge on any atom is 0.0461 e. The van der Waals surface area contributed by atoms with Crippen LogP contribution in [-0.4, -0.2) is 11.7 Å². The smallest absolute Gasteiger partial charge is 0.0461 e. The van der Waals surface area contributed by atoms with E-state index < -0.39 is 0 Å². The van der Waals surface area contributed by atoms with Crippen molar-refractivity contribution in [2.24, 2.45) is 11.3 Å². The molecule has 0 aliphatic heterocycles. The summed E-state index contributed by atoms with van der Waals surface area (Å²) in [4.78, 5) is 0. The molecule has 0 spiro atoms. The van der Waals surface area contributed by atoms with E-state index in [1.807, 2.05) is 0 Å². The quantitative estimate of drug-likeness (QED) is 0.642. The van der Waals surface area contributed by atoms with Crippen LogP contribution in [0.1, 0.15) is 40.5 Å². The lowest BCUT2D eigenvalue weighted by Gasteiger charge is -2.29. The number of hydrogen-bond donors (Lipinski definition) is 1. The van der Waals surface area contributed by atoms with Crippen LogP contribution in [0.2, 0.25) is 0 Å². The summed E-state index contributed by atoms with van der Waals surface area (Å²) in [7, 11) is 0. The molecule has 0 aliphatic rings. The van der Waals surface area contributed by atoms with Gasteiger partial charge < -0.3 is 5.11 Å². The predicted molar refractivity (Wildman–Crippen MR) is 44.9 cm³/mol. The van der Waals surface area contributed by atoms with Gasteiger partial charge in [0.2, 0.25) is 0 Å². The van der Waals surface area contributed by atoms with Gasteiger partial charge in [0.1, 0.15) is 0 Å².